The highest BCUT2D eigenvalue weighted by molar-refractivity contribution is 7.80. The van der Waals surface area contributed by atoms with Gasteiger partial charge in [0.2, 0.25) is 5.91 Å². The summed E-state index contributed by atoms with van der Waals surface area (Å²) in [6.07, 6.45) is 1.19. The standard InChI is InChI=1S/C20H22ClN3O3S/c1-3-5-18(25)22-14-8-9-16(21)17(11-14)23-20(28)24-19(26)12-27-15-7-4-6-13(2)10-15/h4,6-11H,3,5,12H2,1-2H3,(H,22,25)(H2,23,24,26,28). The molecule has 3 N–H and O–H groups in total. The predicted octanol–water partition coefficient (Wildman–Crippen LogP) is 4.28. The van der Waals surface area contributed by atoms with Gasteiger partial charge in [0.1, 0.15) is 5.75 Å². The molecule has 6 nitrogen and oxygen atoms in total. The number of thiocarbonyl (C=S) groups is 1. The summed E-state index contributed by atoms with van der Waals surface area (Å²) in [5.74, 6) is 0.120. The van der Waals surface area contributed by atoms with E-state index in [1.165, 1.54) is 0 Å². The van der Waals surface area contributed by atoms with Crippen LogP contribution in [0.4, 0.5) is 11.4 Å². The van der Waals surface area contributed by atoms with Crippen LogP contribution in [0, 0.1) is 6.92 Å². The highest BCUT2D eigenvalue weighted by Gasteiger charge is 2.10. The number of carbonyl (C=O) groups excluding carboxylic acids is 2. The van der Waals surface area contributed by atoms with E-state index in [1.807, 2.05) is 32.0 Å². The number of carbonyl (C=O) groups is 2. The lowest BCUT2D eigenvalue weighted by atomic mass is 10.2. The van der Waals surface area contributed by atoms with Gasteiger partial charge < -0.3 is 15.4 Å². The van der Waals surface area contributed by atoms with Crippen LogP contribution in [0.2, 0.25) is 5.02 Å². The molecule has 0 aromatic heterocycles. The molecular weight excluding hydrogens is 398 g/mol. The molecule has 0 fully saturated rings. The number of nitrogens with one attached hydrogen (secondary N) is 3. The summed E-state index contributed by atoms with van der Waals surface area (Å²) in [6.45, 7) is 3.69. The topological polar surface area (TPSA) is 79.5 Å². The maximum absolute atomic E-state index is 12.0. The minimum atomic E-state index is -0.400. The van der Waals surface area contributed by atoms with Gasteiger partial charge in [0.15, 0.2) is 11.7 Å². The monoisotopic (exact) mass is 419 g/mol. The molecule has 2 aromatic rings. The van der Waals surface area contributed by atoms with Crippen LogP contribution in [0.25, 0.3) is 0 Å². The molecule has 0 aliphatic heterocycles. The molecule has 0 spiro atoms. The van der Waals surface area contributed by atoms with Gasteiger partial charge in [-0.05, 0) is 61.5 Å². The minimum absolute atomic E-state index is 0.0803. The molecular formula is C20H22ClN3O3S. The minimum Gasteiger partial charge on any atom is -0.484 e. The first kappa shape index (κ1) is 21.7. The fourth-order valence-corrected chi connectivity index (χ4v) is 2.71. The molecule has 0 bridgehead atoms. The van der Waals surface area contributed by atoms with Gasteiger partial charge in [0, 0.05) is 12.1 Å². The van der Waals surface area contributed by atoms with Crippen molar-refractivity contribution < 1.29 is 14.3 Å². The zero-order chi connectivity index (χ0) is 20.5. The molecule has 0 aliphatic rings. The van der Waals surface area contributed by atoms with E-state index >= 15 is 0 Å². The van der Waals surface area contributed by atoms with Crippen LogP contribution >= 0.6 is 23.8 Å². The number of aryl methyl sites for hydroxylation is 1. The summed E-state index contributed by atoms with van der Waals surface area (Å²) in [6, 6.07) is 12.4. The van der Waals surface area contributed by atoms with E-state index < -0.39 is 5.91 Å². The van der Waals surface area contributed by atoms with E-state index in [-0.39, 0.29) is 17.6 Å². The third-order valence-corrected chi connectivity index (χ3v) is 4.12. The molecule has 0 aliphatic carbocycles. The maximum Gasteiger partial charge on any atom is 0.264 e. The quantitative estimate of drug-likeness (QED) is 0.584. The molecule has 2 rings (SSSR count). The lowest BCUT2D eigenvalue weighted by molar-refractivity contribution is -0.121. The van der Waals surface area contributed by atoms with Gasteiger partial charge in [-0.3, -0.25) is 14.9 Å². The Bertz CT molecular complexity index is 874. The Morgan fingerprint density at radius 2 is 1.89 bits per heavy atom. The van der Waals surface area contributed by atoms with E-state index in [9.17, 15) is 9.59 Å². The van der Waals surface area contributed by atoms with Crippen LogP contribution < -0.4 is 20.7 Å². The van der Waals surface area contributed by atoms with Crippen molar-refractivity contribution in [2.24, 2.45) is 0 Å². The van der Waals surface area contributed by atoms with Crippen molar-refractivity contribution in [2.45, 2.75) is 26.7 Å². The summed E-state index contributed by atoms with van der Waals surface area (Å²) in [5.41, 5.74) is 2.10. The van der Waals surface area contributed by atoms with Gasteiger partial charge in [0.25, 0.3) is 5.91 Å². The molecule has 8 heteroatoms. The zero-order valence-corrected chi connectivity index (χ0v) is 17.2. The van der Waals surface area contributed by atoms with Crippen molar-refractivity contribution in [1.82, 2.24) is 5.32 Å². The third kappa shape index (κ3) is 7.17. The molecule has 0 saturated heterocycles. The fraction of sp³-hybridized carbons (Fsp3) is 0.250. The highest BCUT2D eigenvalue weighted by Crippen LogP contribution is 2.25. The van der Waals surface area contributed by atoms with E-state index in [4.69, 9.17) is 28.6 Å². The fourth-order valence-electron chi connectivity index (χ4n) is 2.32. The van der Waals surface area contributed by atoms with Gasteiger partial charge >= 0.3 is 0 Å². The maximum atomic E-state index is 12.0. The van der Waals surface area contributed by atoms with Crippen molar-refractivity contribution in [3.8, 4) is 5.75 Å². The molecule has 0 radical (unpaired) electrons. The second-order valence-electron chi connectivity index (χ2n) is 6.10. The van der Waals surface area contributed by atoms with Crippen LogP contribution in [0.3, 0.4) is 0 Å². The Hall–Kier alpha value is -2.64. The van der Waals surface area contributed by atoms with E-state index in [0.717, 1.165) is 12.0 Å². The van der Waals surface area contributed by atoms with Gasteiger partial charge in [-0.1, -0.05) is 30.7 Å². The van der Waals surface area contributed by atoms with E-state index in [1.54, 1.807) is 24.3 Å². The van der Waals surface area contributed by atoms with Gasteiger partial charge in [-0.25, -0.2) is 0 Å². The molecule has 148 valence electrons. The Balaban J connectivity index is 1.89. The van der Waals surface area contributed by atoms with Gasteiger partial charge in [-0.15, -0.1) is 0 Å². The van der Waals surface area contributed by atoms with Crippen LogP contribution in [0.1, 0.15) is 25.3 Å². The van der Waals surface area contributed by atoms with E-state index in [0.29, 0.717) is 28.6 Å². The second kappa shape index (κ2) is 10.6. The van der Waals surface area contributed by atoms with E-state index in [2.05, 4.69) is 16.0 Å². The van der Waals surface area contributed by atoms with Crippen LogP contribution in [-0.2, 0) is 9.59 Å². The van der Waals surface area contributed by atoms with Crippen molar-refractivity contribution >= 4 is 52.1 Å². The summed E-state index contributed by atoms with van der Waals surface area (Å²) < 4.78 is 5.44. The molecule has 0 unspecified atom stereocenters. The number of halogens is 1. The van der Waals surface area contributed by atoms with Gasteiger partial charge in [-0.2, -0.15) is 0 Å². The van der Waals surface area contributed by atoms with Gasteiger partial charge in [0.05, 0.1) is 10.7 Å². The number of ether oxygens (including phenoxy) is 1. The summed E-state index contributed by atoms with van der Waals surface area (Å²) >= 11 is 11.3. The first-order valence-electron chi connectivity index (χ1n) is 8.77. The van der Waals surface area contributed by atoms with Crippen LogP contribution in [0.5, 0.6) is 5.75 Å². The Kier molecular flexibility index (Phi) is 8.22. The number of anilines is 2. The normalized spacial score (nSPS) is 10.1. The molecule has 0 atom stereocenters. The lowest BCUT2D eigenvalue weighted by Crippen LogP contribution is -2.37. The first-order valence-corrected chi connectivity index (χ1v) is 9.55. The largest absolute Gasteiger partial charge is 0.484 e. The zero-order valence-electron chi connectivity index (χ0n) is 15.7. The lowest BCUT2D eigenvalue weighted by Gasteiger charge is -2.13. The average Bonchev–Trinajstić information content (AvgIpc) is 2.63. The molecule has 0 heterocycles. The summed E-state index contributed by atoms with van der Waals surface area (Å²) in [7, 11) is 0. The average molecular weight is 420 g/mol. The van der Waals surface area contributed by atoms with Crippen molar-refractivity contribution in [3.63, 3.8) is 0 Å². The number of amides is 2. The smallest absolute Gasteiger partial charge is 0.264 e. The van der Waals surface area contributed by atoms with Crippen LogP contribution in [0.15, 0.2) is 42.5 Å². The van der Waals surface area contributed by atoms with Crippen molar-refractivity contribution in [1.29, 1.82) is 0 Å². The number of hydrogen-bond acceptors (Lipinski definition) is 4. The molecule has 2 aromatic carbocycles. The number of benzene rings is 2. The molecule has 2 amide bonds. The number of rotatable bonds is 7. The SMILES string of the molecule is CCCC(=O)Nc1ccc(Cl)c(NC(=S)NC(=O)COc2cccc(C)c2)c1. The summed E-state index contributed by atoms with van der Waals surface area (Å²) in [4.78, 5) is 23.7. The molecule has 0 saturated carbocycles. The third-order valence-electron chi connectivity index (χ3n) is 3.59. The Morgan fingerprint density at radius 3 is 2.61 bits per heavy atom. The Morgan fingerprint density at radius 1 is 1.11 bits per heavy atom. The summed E-state index contributed by atoms with van der Waals surface area (Å²) in [5, 5.41) is 8.65. The predicted molar refractivity (Wildman–Crippen MR) is 116 cm³/mol. The van der Waals surface area contributed by atoms with Crippen molar-refractivity contribution in [2.75, 3.05) is 17.2 Å². The van der Waals surface area contributed by atoms with Crippen LogP contribution in [-0.4, -0.2) is 23.5 Å². The molecule has 28 heavy (non-hydrogen) atoms. The first-order chi connectivity index (χ1) is 13.4. The number of hydrogen-bond donors (Lipinski definition) is 3. The Labute approximate surface area is 174 Å². The highest BCUT2D eigenvalue weighted by atomic mass is 35.5. The van der Waals surface area contributed by atoms with Crippen molar-refractivity contribution in [3.05, 3.63) is 53.1 Å². The second-order valence-corrected chi connectivity index (χ2v) is 6.92.